The maximum atomic E-state index is 5.94. The highest BCUT2D eigenvalue weighted by Crippen LogP contribution is 2.08. The fourth-order valence-corrected chi connectivity index (χ4v) is 3.75. The summed E-state index contributed by atoms with van der Waals surface area (Å²) in [5.74, 6) is 0. The first-order valence-electron chi connectivity index (χ1n) is 6.04. The zero-order chi connectivity index (χ0) is 13.3. The Kier molecular flexibility index (Phi) is 22.2. The molecule has 0 atom stereocenters. The molecular weight excluding hydrogens is 296 g/mol. The summed E-state index contributed by atoms with van der Waals surface area (Å²) in [4.78, 5) is 0. The minimum absolute atomic E-state index is 0. The van der Waals surface area contributed by atoms with E-state index in [0.29, 0.717) is 26.4 Å². The molecule has 0 heterocycles. The van der Waals surface area contributed by atoms with Crippen molar-refractivity contribution in [3.63, 3.8) is 0 Å². The summed E-state index contributed by atoms with van der Waals surface area (Å²) in [6, 6.07) is 10.1. The third-order valence-electron chi connectivity index (χ3n) is 2.63. The molecule has 0 aliphatic heterocycles. The Labute approximate surface area is 140 Å². The highest BCUT2D eigenvalue weighted by Gasteiger charge is 2.34. The highest BCUT2D eigenvalue weighted by molar-refractivity contribution is 6.79. The molecule has 134 valence electrons. The Morgan fingerprint density at radius 2 is 1.14 bits per heavy atom. The van der Waals surface area contributed by atoms with Crippen molar-refractivity contribution in [2.45, 2.75) is 36.3 Å². The van der Waals surface area contributed by atoms with E-state index in [1.54, 1.807) is 14.2 Å². The molecule has 22 heavy (non-hydrogen) atoms. The lowest BCUT2D eigenvalue weighted by Crippen LogP contribution is -2.52. The van der Waals surface area contributed by atoms with Gasteiger partial charge in [-0.15, -0.1) is 0 Å². The first kappa shape index (κ1) is 29.3. The van der Waals surface area contributed by atoms with Crippen LogP contribution in [0.2, 0.25) is 6.55 Å². The van der Waals surface area contributed by atoms with E-state index >= 15 is 0 Å². The summed E-state index contributed by atoms with van der Waals surface area (Å²) in [6.07, 6.45) is 0. The Balaban J connectivity index is -0.000000405. The monoisotopic (exact) mass is 334 g/mol. The molecule has 0 saturated heterocycles. The van der Waals surface area contributed by atoms with Gasteiger partial charge in [-0.2, -0.15) is 0 Å². The predicted octanol–water partition coefficient (Wildman–Crippen LogP) is 3.84. The van der Waals surface area contributed by atoms with Crippen LogP contribution in [-0.2, 0) is 18.3 Å². The molecule has 0 aliphatic rings. The standard InChI is InChI=1S/C13H22O4Si.4CH4/c1-14-9-11-16-18(3,17-12-10-15-2)13-7-5-4-6-8-13;;;;/h4-8H,9-12H2,1-3H3;4*1H4. The van der Waals surface area contributed by atoms with Gasteiger partial charge in [0, 0.05) is 14.2 Å². The minimum atomic E-state index is -2.36. The fraction of sp³-hybridized carbons (Fsp3) is 0.647. The van der Waals surface area contributed by atoms with Crippen molar-refractivity contribution in [1.29, 1.82) is 0 Å². The van der Waals surface area contributed by atoms with E-state index in [1.165, 1.54) is 0 Å². The molecule has 0 amide bonds. The molecule has 0 radical (unpaired) electrons. The topological polar surface area (TPSA) is 36.9 Å². The summed E-state index contributed by atoms with van der Waals surface area (Å²) in [7, 11) is 0.966. The summed E-state index contributed by atoms with van der Waals surface area (Å²) in [5, 5.41) is 1.12. The van der Waals surface area contributed by atoms with Crippen LogP contribution in [0.1, 0.15) is 29.7 Å². The van der Waals surface area contributed by atoms with Gasteiger partial charge in [0.25, 0.3) is 0 Å². The van der Waals surface area contributed by atoms with Gasteiger partial charge in [-0.05, 0) is 11.7 Å². The number of ether oxygens (including phenoxy) is 2. The lowest BCUT2D eigenvalue weighted by Gasteiger charge is -2.27. The van der Waals surface area contributed by atoms with Gasteiger partial charge in [0.1, 0.15) is 0 Å². The van der Waals surface area contributed by atoms with Crippen molar-refractivity contribution in [2.75, 3.05) is 40.6 Å². The third kappa shape index (κ3) is 10.1. The number of rotatable bonds is 9. The van der Waals surface area contributed by atoms with E-state index in [9.17, 15) is 0 Å². The molecule has 0 fully saturated rings. The second kappa shape index (κ2) is 16.6. The van der Waals surface area contributed by atoms with Gasteiger partial charge >= 0.3 is 8.56 Å². The Morgan fingerprint density at radius 1 is 0.727 bits per heavy atom. The van der Waals surface area contributed by atoms with E-state index in [1.807, 2.05) is 36.9 Å². The minimum Gasteiger partial charge on any atom is -0.389 e. The maximum absolute atomic E-state index is 5.94. The molecule has 0 aliphatic carbocycles. The second-order valence-corrected chi connectivity index (χ2v) is 7.04. The van der Waals surface area contributed by atoms with E-state index in [4.69, 9.17) is 18.3 Å². The van der Waals surface area contributed by atoms with E-state index in [0.717, 1.165) is 5.19 Å². The van der Waals surface area contributed by atoms with Crippen LogP contribution < -0.4 is 5.19 Å². The fourth-order valence-electron chi connectivity index (χ4n) is 1.59. The third-order valence-corrected chi connectivity index (χ3v) is 5.52. The molecule has 4 nitrogen and oxygen atoms in total. The molecule has 1 aromatic carbocycles. The van der Waals surface area contributed by atoms with Crippen LogP contribution >= 0.6 is 0 Å². The normalized spacial score (nSPS) is 9.59. The quantitative estimate of drug-likeness (QED) is 0.508. The SMILES string of the molecule is C.C.C.C.COCCO[Si](C)(OCCOC)c1ccccc1. The summed E-state index contributed by atoms with van der Waals surface area (Å²) >= 11 is 0. The number of methoxy groups -OCH3 is 2. The van der Waals surface area contributed by atoms with Crippen LogP contribution in [0.25, 0.3) is 0 Å². The van der Waals surface area contributed by atoms with Crippen molar-refractivity contribution < 1.29 is 18.3 Å². The van der Waals surface area contributed by atoms with Crippen molar-refractivity contribution in [3.05, 3.63) is 30.3 Å². The zero-order valence-corrected chi connectivity index (χ0v) is 12.3. The number of hydrogen-bond donors (Lipinski definition) is 0. The molecule has 0 spiro atoms. The largest absolute Gasteiger partial charge is 0.389 e. The Bertz CT molecular complexity index is 310. The van der Waals surface area contributed by atoms with Crippen LogP contribution in [0.3, 0.4) is 0 Å². The van der Waals surface area contributed by atoms with E-state index in [-0.39, 0.29) is 29.7 Å². The van der Waals surface area contributed by atoms with Crippen molar-refractivity contribution in [1.82, 2.24) is 0 Å². The first-order valence-corrected chi connectivity index (χ1v) is 8.36. The van der Waals surface area contributed by atoms with Gasteiger partial charge in [0.15, 0.2) is 0 Å². The number of benzene rings is 1. The van der Waals surface area contributed by atoms with Crippen LogP contribution in [0, 0.1) is 0 Å². The van der Waals surface area contributed by atoms with Gasteiger partial charge in [0.2, 0.25) is 0 Å². The van der Waals surface area contributed by atoms with Crippen LogP contribution in [0.5, 0.6) is 0 Å². The van der Waals surface area contributed by atoms with Gasteiger partial charge < -0.3 is 18.3 Å². The van der Waals surface area contributed by atoms with Gasteiger partial charge in [-0.3, -0.25) is 0 Å². The molecule has 0 unspecified atom stereocenters. The molecule has 0 bridgehead atoms. The first-order chi connectivity index (χ1) is 8.73. The van der Waals surface area contributed by atoms with E-state index < -0.39 is 8.56 Å². The lowest BCUT2D eigenvalue weighted by molar-refractivity contribution is 0.0942. The van der Waals surface area contributed by atoms with Gasteiger partial charge in [-0.1, -0.05) is 60.0 Å². The van der Waals surface area contributed by atoms with Crippen molar-refractivity contribution >= 4 is 13.7 Å². The molecule has 1 rings (SSSR count). The maximum Gasteiger partial charge on any atom is 0.369 e. The second-order valence-electron chi connectivity index (χ2n) is 3.99. The highest BCUT2D eigenvalue weighted by atomic mass is 28.4. The molecular formula is C17H38O4Si. The van der Waals surface area contributed by atoms with Crippen LogP contribution in [0.4, 0.5) is 0 Å². The van der Waals surface area contributed by atoms with Crippen LogP contribution in [0.15, 0.2) is 30.3 Å². The van der Waals surface area contributed by atoms with Crippen molar-refractivity contribution in [2.24, 2.45) is 0 Å². The Hall–Kier alpha value is -0.723. The molecule has 0 saturated carbocycles. The smallest absolute Gasteiger partial charge is 0.369 e. The van der Waals surface area contributed by atoms with E-state index in [2.05, 4.69) is 0 Å². The number of hydrogen-bond acceptors (Lipinski definition) is 4. The average Bonchev–Trinajstić information content (AvgIpc) is 2.40. The zero-order valence-electron chi connectivity index (χ0n) is 11.3. The lowest BCUT2D eigenvalue weighted by atomic mass is 10.4. The van der Waals surface area contributed by atoms with Gasteiger partial charge in [-0.25, -0.2) is 0 Å². The molecule has 1 aromatic rings. The summed E-state index contributed by atoms with van der Waals surface area (Å²) < 4.78 is 21.9. The predicted molar refractivity (Wildman–Crippen MR) is 100 cm³/mol. The molecule has 0 aromatic heterocycles. The Morgan fingerprint density at radius 3 is 1.50 bits per heavy atom. The average molecular weight is 335 g/mol. The van der Waals surface area contributed by atoms with Crippen LogP contribution in [-0.4, -0.2) is 49.2 Å². The molecule has 5 heteroatoms. The van der Waals surface area contributed by atoms with Gasteiger partial charge in [0.05, 0.1) is 26.4 Å². The summed E-state index contributed by atoms with van der Waals surface area (Å²) in [6.45, 7) is 4.28. The molecule has 0 N–H and O–H groups in total. The summed E-state index contributed by atoms with van der Waals surface area (Å²) in [5.41, 5.74) is 0. The van der Waals surface area contributed by atoms with Crippen molar-refractivity contribution in [3.8, 4) is 0 Å².